The predicted octanol–water partition coefficient (Wildman–Crippen LogP) is 3.99. The fourth-order valence-electron chi connectivity index (χ4n) is 3.30. The van der Waals surface area contributed by atoms with Crippen LogP contribution >= 0.6 is 34.5 Å². The predicted molar refractivity (Wildman–Crippen MR) is 171 cm³/mol. The lowest BCUT2D eigenvalue weighted by Gasteiger charge is -2.11. The molecule has 3 heterocycles. The van der Waals surface area contributed by atoms with E-state index < -0.39 is 33.2 Å². The molecule has 3 aromatic heterocycles. The number of anilines is 1. The van der Waals surface area contributed by atoms with Gasteiger partial charge in [-0.15, -0.1) is 22.9 Å². The SMILES string of the molecule is C#CCOc1cc(-n2nc(C(C)(C)C)oc2=O)c(Cl)cc1Cl.COC(=O)c1sccc1S(=O)(=O)NC(=O)Nc1nc(C)nc(OC)n1. The van der Waals surface area contributed by atoms with Crippen molar-refractivity contribution < 1.29 is 36.6 Å². The summed E-state index contributed by atoms with van der Waals surface area (Å²) in [6.07, 6.45) is 5.15. The van der Waals surface area contributed by atoms with E-state index in [-0.39, 0.29) is 44.2 Å². The van der Waals surface area contributed by atoms with Crippen molar-refractivity contribution in [1.29, 1.82) is 0 Å². The minimum atomic E-state index is -4.30. The van der Waals surface area contributed by atoms with Gasteiger partial charge in [0, 0.05) is 11.5 Å². The van der Waals surface area contributed by atoms with E-state index >= 15 is 0 Å². The Hall–Kier alpha value is -4.70. The summed E-state index contributed by atoms with van der Waals surface area (Å²) in [5.41, 5.74) is -0.103. The minimum Gasteiger partial charge on any atom is -0.479 e. The highest BCUT2D eigenvalue weighted by Crippen LogP contribution is 2.33. The number of rotatable bonds is 8. The van der Waals surface area contributed by atoms with Gasteiger partial charge in [-0.25, -0.2) is 27.5 Å². The first-order valence-electron chi connectivity index (χ1n) is 12.9. The van der Waals surface area contributed by atoms with Gasteiger partial charge in [0.05, 0.1) is 30.0 Å². The highest BCUT2D eigenvalue weighted by Gasteiger charge is 2.27. The van der Waals surface area contributed by atoms with Crippen molar-refractivity contribution in [1.82, 2.24) is 29.5 Å². The van der Waals surface area contributed by atoms with E-state index in [1.807, 2.05) is 20.8 Å². The number of esters is 1. The average Bonchev–Trinajstić information content (AvgIpc) is 3.64. The molecule has 0 saturated carbocycles. The number of carbonyl (C=O) groups excluding carboxylic acids is 2. The van der Waals surface area contributed by atoms with Crippen molar-refractivity contribution in [3.8, 4) is 29.8 Å². The number of nitrogens with one attached hydrogen (secondary N) is 2. The smallest absolute Gasteiger partial charge is 0.442 e. The fraction of sp³-hybridized carbons (Fsp3) is 0.296. The number of benzene rings is 1. The Morgan fingerprint density at radius 3 is 2.45 bits per heavy atom. The molecule has 47 heavy (non-hydrogen) atoms. The van der Waals surface area contributed by atoms with Gasteiger partial charge < -0.3 is 18.6 Å². The zero-order chi connectivity index (χ0) is 35.1. The fourth-order valence-corrected chi connectivity index (χ4v) is 6.06. The lowest BCUT2D eigenvalue weighted by atomic mass is 9.97. The molecule has 4 aromatic rings. The van der Waals surface area contributed by atoms with Gasteiger partial charge in [-0.1, -0.05) is 49.9 Å². The maximum atomic E-state index is 12.3. The number of thiophene rings is 1. The molecule has 0 saturated heterocycles. The van der Waals surface area contributed by atoms with E-state index in [4.69, 9.17) is 43.5 Å². The third kappa shape index (κ3) is 9.42. The number of halogens is 2. The summed E-state index contributed by atoms with van der Waals surface area (Å²) in [6, 6.07) is 2.98. The van der Waals surface area contributed by atoms with E-state index in [9.17, 15) is 22.8 Å². The summed E-state index contributed by atoms with van der Waals surface area (Å²) in [6.45, 7) is 7.23. The van der Waals surface area contributed by atoms with E-state index in [0.29, 0.717) is 17.3 Å². The number of hydrogen-bond donors (Lipinski definition) is 2. The number of methoxy groups -OCH3 is 2. The summed E-state index contributed by atoms with van der Waals surface area (Å²) in [5, 5.41) is 8.25. The number of terminal acetylenes is 1. The molecule has 0 fully saturated rings. The van der Waals surface area contributed by atoms with Crippen LogP contribution in [-0.2, 0) is 20.2 Å². The van der Waals surface area contributed by atoms with E-state index in [0.717, 1.165) is 23.1 Å². The van der Waals surface area contributed by atoms with Crippen molar-refractivity contribution in [2.45, 2.75) is 38.0 Å². The van der Waals surface area contributed by atoms with E-state index in [1.165, 1.54) is 37.6 Å². The molecular weight excluding hydrogens is 701 g/mol. The Morgan fingerprint density at radius 1 is 1.15 bits per heavy atom. The van der Waals surface area contributed by atoms with Crippen LogP contribution in [0.5, 0.6) is 11.8 Å². The molecule has 0 aliphatic carbocycles. The van der Waals surface area contributed by atoms with Crippen molar-refractivity contribution in [2.75, 3.05) is 26.1 Å². The zero-order valence-electron chi connectivity index (χ0n) is 25.6. The third-order valence-corrected chi connectivity index (χ3v) is 8.38. The van der Waals surface area contributed by atoms with Crippen LogP contribution in [0.25, 0.3) is 5.69 Å². The van der Waals surface area contributed by atoms with Gasteiger partial charge >= 0.3 is 23.8 Å². The molecule has 2 amide bonds. The summed E-state index contributed by atoms with van der Waals surface area (Å²) in [5.74, 6) is 1.54. The van der Waals surface area contributed by atoms with Gasteiger partial charge in [0.1, 0.15) is 28.0 Å². The standard InChI is InChI=1S/C15H14Cl2N2O3.C12H13N5O6S2/c1-5-6-21-12-8-11(9(16)7-10(12)17)19-14(20)22-13(18-19)15(2,3)4;1-6-13-10(16-12(14-6)23-3)15-11(19)17-25(20,21)7-4-5-24-8(7)9(18)22-2/h1,7-8H,6H2,2-4H3;4-5H,1-3H3,(H2,13,14,15,16,17,19). The Kier molecular flexibility index (Phi) is 11.9. The molecular formula is C27H27Cl2N7O9S2. The molecule has 1 aromatic carbocycles. The van der Waals surface area contributed by atoms with Gasteiger partial charge in [0.15, 0.2) is 0 Å². The monoisotopic (exact) mass is 727 g/mol. The molecule has 0 aliphatic rings. The number of nitrogens with zero attached hydrogens (tertiary/aromatic N) is 5. The maximum absolute atomic E-state index is 12.3. The maximum Gasteiger partial charge on any atom is 0.442 e. The molecule has 0 bridgehead atoms. The Labute approximate surface area is 282 Å². The number of carbonyl (C=O) groups is 2. The Balaban J connectivity index is 0.000000257. The van der Waals surface area contributed by atoms with Crippen LogP contribution in [0.4, 0.5) is 10.7 Å². The van der Waals surface area contributed by atoms with Crippen LogP contribution in [0.1, 0.15) is 42.2 Å². The van der Waals surface area contributed by atoms with Crippen LogP contribution in [0.3, 0.4) is 0 Å². The summed E-state index contributed by atoms with van der Waals surface area (Å²) >= 11 is 13.0. The number of sulfonamides is 1. The normalized spacial score (nSPS) is 11.0. The number of hydrogen-bond acceptors (Lipinski definition) is 14. The molecule has 2 N–H and O–H groups in total. The second-order valence-corrected chi connectivity index (χ2v) is 13.3. The topological polar surface area (TPSA) is 207 Å². The number of ether oxygens (including phenoxy) is 3. The molecule has 16 nitrogen and oxygen atoms in total. The largest absolute Gasteiger partial charge is 0.479 e. The lowest BCUT2D eigenvalue weighted by molar-refractivity contribution is 0.0602. The number of amides is 2. The molecule has 20 heteroatoms. The summed E-state index contributed by atoms with van der Waals surface area (Å²) in [4.78, 5) is 46.4. The number of aryl methyl sites for hydroxylation is 1. The van der Waals surface area contributed by atoms with Crippen molar-refractivity contribution in [3.05, 3.63) is 60.8 Å². The second-order valence-electron chi connectivity index (χ2n) is 9.92. The molecule has 0 spiro atoms. The summed E-state index contributed by atoms with van der Waals surface area (Å²) < 4.78 is 47.2. The number of urea groups is 1. The first kappa shape index (κ1) is 36.8. The first-order chi connectivity index (χ1) is 22.0. The molecule has 0 unspecified atom stereocenters. The van der Waals surface area contributed by atoms with E-state index in [1.54, 1.807) is 4.72 Å². The van der Waals surface area contributed by atoms with Crippen LogP contribution in [0.15, 0.2) is 37.7 Å². The van der Waals surface area contributed by atoms with Gasteiger partial charge in [-0.2, -0.15) is 19.6 Å². The highest BCUT2D eigenvalue weighted by molar-refractivity contribution is 7.90. The quantitative estimate of drug-likeness (QED) is 0.195. The minimum absolute atomic E-state index is 0.0434. The second kappa shape index (κ2) is 15.3. The van der Waals surface area contributed by atoms with Gasteiger partial charge in [-0.05, 0) is 24.4 Å². The van der Waals surface area contributed by atoms with Crippen LogP contribution in [0, 0.1) is 19.3 Å². The van der Waals surface area contributed by atoms with Crippen LogP contribution in [0.2, 0.25) is 10.0 Å². The van der Waals surface area contributed by atoms with Crippen molar-refractivity contribution >= 4 is 62.5 Å². The van der Waals surface area contributed by atoms with Gasteiger partial charge in [-0.3, -0.25) is 5.32 Å². The Bertz CT molecular complexity index is 2000. The van der Waals surface area contributed by atoms with Crippen molar-refractivity contribution in [2.24, 2.45) is 0 Å². The van der Waals surface area contributed by atoms with Crippen LogP contribution < -0.4 is 25.3 Å². The summed E-state index contributed by atoms with van der Waals surface area (Å²) in [7, 11) is -1.86. The molecule has 0 atom stereocenters. The molecule has 4 rings (SSSR count). The molecule has 0 aliphatic heterocycles. The number of aromatic nitrogens is 5. The molecule has 250 valence electrons. The van der Waals surface area contributed by atoms with Crippen molar-refractivity contribution in [3.63, 3.8) is 0 Å². The van der Waals surface area contributed by atoms with E-state index in [2.05, 4.69) is 36.0 Å². The highest BCUT2D eigenvalue weighted by atomic mass is 35.5. The zero-order valence-corrected chi connectivity index (χ0v) is 28.7. The molecule has 0 radical (unpaired) electrons. The van der Waals surface area contributed by atoms with Crippen LogP contribution in [-0.4, -0.2) is 66.0 Å². The van der Waals surface area contributed by atoms with Gasteiger partial charge in [0.2, 0.25) is 11.8 Å². The third-order valence-electron chi connectivity index (χ3n) is 5.38. The average molecular weight is 729 g/mol. The van der Waals surface area contributed by atoms with Gasteiger partial charge in [0.25, 0.3) is 10.0 Å². The first-order valence-corrected chi connectivity index (χ1v) is 16.0. The lowest BCUT2D eigenvalue weighted by Crippen LogP contribution is -2.35. The Morgan fingerprint density at radius 2 is 1.85 bits per heavy atom.